The standard InChI is InChI=1S/C19H16FNO3S/c1-10-17-13(20)4-3-5-16(17)25-18(10)19(22)21-11(2)12-6-7-14-15(8-12)24-9-23-14/h3-8,11H,9H2,1-2H3,(H,21,22). The Morgan fingerprint density at radius 3 is 2.84 bits per heavy atom. The van der Waals surface area contributed by atoms with Gasteiger partial charge in [0.25, 0.3) is 5.91 Å². The molecule has 1 unspecified atom stereocenters. The molecular weight excluding hydrogens is 341 g/mol. The van der Waals surface area contributed by atoms with Crippen LogP contribution < -0.4 is 14.8 Å². The van der Waals surface area contributed by atoms with Crippen LogP contribution in [-0.2, 0) is 0 Å². The van der Waals surface area contributed by atoms with E-state index in [1.807, 2.05) is 31.2 Å². The van der Waals surface area contributed by atoms with Crippen LogP contribution in [0.1, 0.15) is 33.8 Å². The number of carbonyl (C=O) groups is 1. The fourth-order valence-corrected chi connectivity index (χ4v) is 4.12. The van der Waals surface area contributed by atoms with E-state index >= 15 is 0 Å². The zero-order chi connectivity index (χ0) is 17.6. The maximum Gasteiger partial charge on any atom is 0.262 e. The molecule has 2 heterocycles. The second-order valence-corrected chi connectivity index (χ2v) is 7.03. The molecule has 1 aliphatic heterocycles. The molecule has 25 heavy (non-hydrogen) atoms. The van der Waals surface area contributed by atoms with Crippen LogP contribution in [0.3, 0.4) is 0 Å². The molecule has 1 atom stereocenters. The Morgan fingerprint density at radius 2 is 2.04 bits per heavy atom. The van der Waals surface area contributed by atoms with Crippen molar-refractivity contribution < 1.29 is 18.7 Å². The second-order valence-electron chi connectivity index (χ2n) is 5.98. The van der Waals surface area contributed by atoms with Gasteiger partial charge in [-0.3, -0.25) is 4.79 Å². The highest BCUT2D eigenvalue weighted by Crippen LogP contribution is 2.35. The topological polar surface area (TPSA) is 47.6 Å². The number of halogens is 1. The van der Waals surface area contributed by atoms with E-state index in [1.165, 1.54) is 17.4 Å². The average Bonchev–Trinajstić information content (AvgIpc) is 3.19. The van der Waals surface area contributed by atoms with Gasteiger partial charge in [-0.1, -0.05) is 12.1 Å². The number of thiophene rings is 1. The van der Waals surface area contributed by atoms with E-state index in [4.69, 9.17) is 9.47 Å². The Labute approximate surface area is 148 Å². The lowest BCUT2D eigenvalue weighted by Crippen LogP contribution is -2.26. The van der Waals surface area contributed by atoms with Crippen LogP contribution in [-0.4, -0.2) is 12.7 Å². The number of ether oxygens (including phenoxy) is 2. The van der Waals surface area contributed by atoms with E-state index in [2.05, 4.69) is 5.32 Å². The molecule has 1 aliphatic rings. The number of benzene rings is 2. The van der Waals surface area contributed by atoms with E-state index in [9.17, 15) is 9.18 Å². The first kappa shape index (κ1) is 15.9. The number of aryl methyl sites for hydroxylation is 1. The van der Waals surface area contributed by atoms with Crippen LogP contribution >= 0.6 is 11.3 Å². The van der Waals surface area contributed by atoms with E-state index in [0.717, 1.165) is 10.3 Å². The lowest BCUT2D eigenvalue weighted by Gasteiger charge is -2.14. The molecule has 128 valence electrons. The minimum Gasteiger partial charge on any atom is -0.454 e. The van der Waals surface area contributed by atoms with Crippen LogP contribution in [0.2, 0.25) is 0 Å². The van der Waals surface area contributed by atoms with Crippen LogP contribution in [0.25, 0.3) is 10.1 Å². The maximum absolute atomic E-state index is 14.0. The number of fused-ring (bicyclic) bond motifs is 2. The van der Waals surface area contributed by atoms with Gasteiger partial charge in [0, 0.05) is 10.1 Å². The van der Waals surface area contributed by atoms with E-state index in [1.54, 1.807) is 13.0 Å². The molecule has 0 fully saturated rings. The van der Waals surface area contributed by atoms with Gasteiger partial charge < -0.3 is 14.8 Å². The van der Waals surface area contributed by atoms with Gasteiger partial charge in [0.05, 0.1) is 10.9 Å². The molecule has 2 aromatic carbocycles. The molecule has 0 bridgehead atoms. The van der Waals surface area contributed by atoms with Crippen molar-refractivity contribution >= 4 is 27.3 Å². The van der Waals surface area contributed by atoms with Gasteiger partial charge in [-0.15, -0.1) is 11.3 Å². The summed E-state index contributed by atoms with van der Waals surface area (Å²) in [6, 6.07) is 10.3. The lowest BCUT2D eigenvalue weighted by molar-refractivity contribution is 0.0943. The normalized spacial score (nSPS) is 13.9. The van der Waals surface area contributed by atoms with Crippen molar-refractivity contribution in [3.63, 3.8) is 0 Å². The van der Waals surface area contributed by atoms with Gasteiger partial charge in [-0.2, -0.15) is 0 Å². The van der Waals surface area contributed by atoms with Crippen LogP contribution in [0, 0.1) is 12.7 Å². The van der Waals surface area contributed by atoms with E-state index < -0.39 is 0 Å². The van der Waals surface area contributed by atoms with Crippen molar-refractivity contribution in [2.75, 3.05) is 6.79 Å². The number of nitrogens with one attached hydrogen (secondary N) is 1. The van der Waals surface area contributed by atoms with Crippen molar-refractivity contribution in [1.29, 1.82) is 0 Å². The summed E-state index contributed by atoms with van der Waals surface area (Å²) < 4.78 is 25.5. The predicted molar refractivity (Wildman–Crippen MR) is 95.0 cm³/mol. The number of amides is 1. The Morgan fingerprint density at radius 1 is 1.24 bits per heavy atom. The third-order valence-electron chi connectivity index (χ3n) is 4.35. The lowest BCUT2D eigenvalue weighted by atomic mass is 10.1. The first-order valence-electron chi connectivity index (χ1n) is 7.92. The molecule has 1 N–H and O–H groups in total. The molecule has 6 heteroatoms. The number of hydrogen-bond donors (Lipinski definition) is 1. The van der Waals surface area contributed by atoms with Crippen molar-refractivity contribution in [1.82, 2.24) is 5.32 Å². The summed E-state index contributed by atoms with van der Waals surface area (Å²) in [4.78, 5) is 13.2. The summed E-state index contributed by atoms with van der Waals surface area (Å²) in [6.45, 7) is 3.90. The second kappa shape index (κ2) is 6.04. The first-order chi connectivity index (χ1) is 12.0. The fourth-order valence-electron chi connectivity index (χ4n) is 3.00. The van der Waals surface area contributed by atoms with Gasteiger partial charge in [0.15, 0.2) is 11.5 Å². The number of rotatable bonds is 3. The Kier molecular flexibility index (Phi) is 3.84. The predicted octanol–water partition coefficient (Wildman–Crippen LogP) is 4.57. The monoisotopic (exact) mass is 357 g/mol. The highest BCUT2D eigenvalue weighted by molar-refractivity contribution is 7.21. The zero-order valence-corrected chi connectivity index (χ0v) is 14.6. The zero-order valence-electron chi connectivity index (χ0n) is 13.8. The molecular formula is C19H16FNO3S. The summed E-state index contributed by atoms with van der Waals surface area (Å²) in [5.74, 6) is 0.884. The van der Waals surface area contributed by atoms with Crippen LogP contribution in [0.15, 0.2) is 36.4 Å². The van der Waals surface area contributed by atoms with Crippen molar-refractivity contribution in [3.05, 3.63) is 58.2 Å². The molecule has 3 aromatic rings. The molecule has 0 saturated heterocycles. The fraction of sp³-hybridized carbons (Fsp3) is 0.211. The summed E-state index contributed by atoms with van der Waals surface area (Å²) in [5.41, 5.74) is 1.59. The molecule has 0 radical (unpaired) electrons. The highest BCUT2D eigenvalue weighted by Gasteiger charge is 2.21. The highest BCUT2D eigenvalue weighted by atomic mass is 32.1. The van der Waals surface area contributed by atoms with Crippen LogP contribution in [0.5, 0.6) is 11.5 Å². The Bertz CT molecular complexity index is 982. The SMILES string of the molecule is Cc1c(C(=O)NC(C)c2ccc3c(c2)OCO3)sc2cccc(F)c12. The van der Waals surface area contributed by atoms with Gasteiger partial charge >= 0.3 is 0 Å². The van der Waals surface area contributed by atoms with Gasteiger partial charge in [-0.25, -0.2) is 4.39 Å². The minimum atomic E-state index is -0.297. The maximum atomic E-state index is 14.0. The average molecular weight is 357 g/mol. The van der Waals surface area contributed by atoms with Gasteiger partial charge in [-0.05, 0) is 49.2 Å². The van der Waals surface area contributed by atoms with Crippen molar-refractivity contribution in [2.24, 2.45) is 0 Å². The smallest absolute Gasteiger partial charge is 0.262 e. The molecule has 0 spiro atoms. The van der Waals surface area contributed by atoms with Crippen molar-refractivity contribution in [2.45, 2.75) is 19.9 Å². The minimum absolute atomic E-state index is 0.205. The Hall–Kier alpha value is -2.60. The van der Waals surface area contributed by atoms with E-state index in [-0.39, 0.29) is 24.6 Å². The molecule has 4 nitrogen and oxygen atoms in total. The summed E-state index contributed by atoms with van der Waals surface area (Å²) >= 11 is 1.31. The van der Waals surface area contributed by atoms with Crippen molar-refractivity contribution in [3.8, 4) is 11.5 Å². The van der Waals surface area contributed by atoms with Gasteiger partial charge in [0.1, 0.15) is 5.82 Å². The summed E-state index contributed by atoms with van der Waals surface area (Å²) in [7, 11) is 0. The molecule has 0 aliphatic carbocycles. The molecule has 4 rings (SSSR count). The molecule has 1 aromatic heterocycles. The Balaban J connectivity index is 1.60. The van der Waals surface area contributed by atoms with Crippen LogP contribution in [0.4, 0.5) is 4.39 Å². The quantitative estimate of drug-likeness (QED) is 0.747. The summed E-state index contributed by atoms with van der Waals surface area (Å²) in [6.07, 6.45) is 0. The molecule has 0 saturated carbocycles. The molecule has 1 amide bonds. The summed E-state index contributed by atoms with van der Waals surface area (Å²) in [5, 5.41) is 3.50. The van der Waals surface area contributed by atoms with E-state index in [0.29, 0.717) is 27.3 Å². The largest absolute Gasteiger partial charge is 0.454 e. The third kappa shape index (κ3) is 2.72. The number of carbonyl (C=O) groups excluding carboxylic acids is 1. The number of hydrogen-bond acceptors (Lipinski definition) is 4. The first-order valence-corrected chi connectivity index (χ1v) is 8.74. The van der Waals surface area contributed by atoms with Gasteiger partial charge in [0.2, 0.25) is 6.79 Å². The third-order valence-corrected chi connectivity index (χ3v) is 5.61.